The first-order valence-corrected chi connectivity index (χ1v) is 10.1. The van der Waals surface area contributed by atoms with Crippen LogP contribution in [0.25, 0.3) is 23.0 Å². The summed E-state index contributed by atoms with van der Waals surface area (Å²) >= 11 is 0. The highest BCUT2D eigenvalue weighted by Gasteiger charge is 2.29. The quantitative estimate of drug-likeness (QED) is 0.547. The summed E-state index contributed by atoms with van der Waals surface area (Å²) in [7, 11) is 1.90. The van der Waals surface area contributed by atoms with Crippen molar-refractivity contribution in [3.05, 3.63) is 71.4 Å². The van der Waals surface area contributed by atoms with Gasteiger partial charge in [-0.3, -0.25) is 4.68 Å². The summed E-state index contributed by atoms with van der Waals surface area (Å²) in [5.41, 5.74) is 5.42. The number of hydrogen-bond donors (Lipinski definition) is 1. The van der Waals surface area contributed by atoms with E-state index in [1.165, 1.54) is 0 Å². The lowest BCUT2D eigenvalue weighted by Crippen LogP contribution is -2.39. The van der Waals surface area contributed by atoms with Crippen LogP contribution < -0.4 is 5.32 Å². The van der Waals surface area contributed by atoms with Crippen LogP contribution in [-0.2, 0) is 20.0 Å². The van der Waals surface area contributed by atoms with Crippen molar-refractivity contribution in [1.29, 1.82) is 0 Å². The zero-order chi connectivity index (χ0) is 21.4. The molecule has 1 N–H and O–H groups in total. The molecule has 0 saturated carbocycles. The zero-order valence-electron chi connectivity index (χ0n) is 17.4. The summed E-state index contributed by atoms with van der Waals surface area (Å²) in [5, 5.41) is 16.0. The average molecular weight is 414 g/mol. The summed E-state index contributed by atoms with van der Waals surface area (Å²) < 4.78 is 7.76. The third kappa shape index (κ3) is 3.68. The normalized spacial score (nSPS) is 13.2. The Morgan fingerprint density at radius 2 is 1.77 bits per heavy atom. The van der Waals surface area contributed by atoms with Gasteiger partial charge >= 0.3 is 6.03 Å². The van der Waals surface area contributed by atoms with Crippen LogP contribution in [0.4, 0.5) is 10.5 Å². The summed E-state index contributed by atoms with van der Waals surface area (Å²) in [6, 6.07) is 17.2. The van der Waals surface area contributed by atoms with Gasteiger partial charge in [0, 0.05) is 42.5 Å². The molecule has 1 aliphatic heterocycles. The Labute approximate surface area is 179 Å². The van der Waals surface area contributed by atoms with Crippen LogP contribution in [0.15, 0.2) is 59.0 Å². The standard InChI is InChI=1S/C23H22N6O2/c1-15-8-10-17(11-9-15)24-23(30)29-13-12-19-18(14-29)20(27-28(19)2)22-26-25-21(31-22)16-6-4-3-5-7-16/h3-11H,12-14H2,1-2H3,(H,24,30). The van der Waals surface area contributed by atoms with Gasteiger partial charge in [-0.2, -0.15) is 5.10 Å². The summed E-state index contributed by atoms with van der Waals surface area (Å²) in [5.74, 6) is 0.802. The number of anilines is 1. The van der Waals surface area contributed by atoms with Gasteiger partial charge in [0.2, 0.25) is 5.89 Å². The van der Waals surface area contributed by atoms with Gasteiger partial charge in [-0.25, -0.2) is 4.79 Å². The molecule has 5 rings (SSSR count). The van der Waals surface area contributed by atoms with E-state index in [-0.39, 0.29) is 6.03 Å². The number of amides is 2. The van der Waals surface area contributed by atoms with Crippen LogP contribution >= 0.6 is 0 Å². The third-order valence-corrected chi connectivity index (χ3v) is 5.48. The number of nitrogens with one attached hydrogen (secondary N) is 1. The highest BCUT2D eigenvalue weighted by molar-refractivity contribution is 5.89. The number of fused-ring (bicyclic) bond motifs is 1. The Balaban J connectivity index is 1.40. The second-order valence-corrected chi connectivity index (χ2v) is 7.64. The maximum atomic E-state index is 12.8. The molecule has 156 valence electrons. The molecule has 2 aromatic carbocycles. The molecule has 2 amide bonds. The van der Waals surface area contributed by atoms with Crippen LogP contribution in [0.3, 0.4) is 0 Å². The third-order valence-electron chi connectivity index (χ3n) is 5.48. The molecule has 8 nitrogen and oxygen atoms in total. The van der Waals surface area contributed by atoms with Crippen molar-refractivity contribution >= 4 is 11.7 Å². The van der Waals surface area contributed by atoms with E-state index in [1.54, 1.807) is 4.90 Å². The van der Waals surface area contributed by atoms with E-state index in [0.717, 1.165) is 28.1 Å². The number of carbonyl (C=O) groups excluding carboxylic acids is 1. The van der Waals surface area contributed by atoms with Gasteiger partial charge < -0.3 is 14.6 Å². The molecule has 0 bridgehead atoms. The van der Waals surface area contributed by atoms with Crippen molar-refractivity contribution in [2.45, 2.75) is 19.9 Å². The highest BCUT2D eigenvalue weighted by atomic mass is 16.4. The number of hydrogen-bond acceptors (Lipinski definition) is 5. The molecule has 0 saturated heterocycles. The lowest BCUT2D eigenvalue weighted by atomic mass is 10.1. The monoisotopic (exact) mass is 414 g/mol. The van der Waals surface area contributed by atoms with Crippen LogP contribution in [0.2, 0.25) is 0 Å². The van der Waals surface area contributed by atoms with Crippen LogP contribution in [0.5, 0.6) is 0 Å². The van der Waals surface area contributed by atoms with Gasteiger partial charge in [-0.15, -0.1) is 10.2 Å². The minimum atomic E-state index is -0.139. The van der Waals surface area contributed by atoms with Crippen LogP contribution in [0, 0.1) is 6.92 Å². The predicted molar refractivity (Wildman–Crippen MR) is 116 cm³/mol. The SMILES string of the molecule is Cc1ccc(NC(=O)N2CCc3c(c(-c4nnc(-c5ccccc5)o4)nn3C)C2)cc1. The Morgan fingerprint density at radius 3 is 2.55 bits per heavy atom. The van der Waals surface area contributed by atoms with Crippen LogP contribution in [-0.4, -0.2) is 37.5 Å². The molecule has 0 atom stereocenters. The Bertz CT molecular complexity index is 1230. The maximum absolute atomic E-state index is 12.8. The maximum Gasteiger partial charge on any atom is 0.322 e. The average Bonchev–Trinajstić information content (AvgIpc) is 3.41. The summed E-state index contributed by atoms with van der Waals surface area (Å²) in [6.07, 6.45) is 0.708. The van der Waals surface area contributed by atoms with Gasteiger partial charge in [-0.05, 0) is 31.2 Å². The number of nitrogens with zero attached hydrogens (tertiary/aromatic N) is 5. The summed E-state index contributed by atoms with van der Waals surface area (Å²) in [6.45, 7) is 3.06. The van der Waals surface area contributed by atoms with E-state index in [9.17, 15) is 4.79 Å². The fraction of sp³-hybridized carbons (Fsp3) is 0.217. The number of aryl methyl sites for hydroxylation is 2. The number of aromatic nitrogens is 4. The van der Waals surface area contributed by atoms with E-state index in [1.807, 2.05) is 73.3 Å². The lowest BCUT2D eigenvalue weighted by Gasteiger charge is -2.27. The van der Waals surface area contributed by atoms with E-state index in [2.05, 4.69) is 20.6 Å². The molecule has 8 heteroatoms. The molecule has 4 aromatic rings. The van der Waals surface area contributed by atoms with Crippen molar-refractivity contribution < 1.29 is 9.21 Å². The highest BCUT2D eigenvalue weighted by Crippen LogP contribution is 2.31. The minimum absolute atomic E-state index is 0.139. The first-order chi connectivity index (χ1) is 15.1. The molecule has 0 unspecified atom stereocenters. The number of benzene rings is 2. The predicted octanol–water partition coefficient (Wildman–Crippen LogP) is 4.04. The number of urea groups is 1. The molecular weight excluding hydrogens is 392 g/mol. The van der Waals surface area contributed by atoms with Gasteiger partial charge in [-0.1, -0.05) is 35.9 Å². The van der Waals surface area contributed by atoms with Gasteiger partial charge in [0.15, 0.2) is 5.69 Å². The fourth-order valence-electron chi connectivity index (χ4n) is 3.79. The van der Waals surface area contributed by atoms with Crippen LogP contribution in [0.1, 0.15) is 16.8 Å². The van der Waals surface area contributed by atoms with E-state index >= 15 is 0 Å². The first-order valence-electron chi connectivity index (χ1n) is 10.1. The van der Waals surface area contributed by atoms with Crippen molar-refractivity contribution in [1.82, 2.24) is 24.9 Å². The number of carbonyl (C=O) groups is 1. The Hall–Kier alpha value is -3.94. The second kappa shape index (κ2) is 7.71. The van der Waals surface area contributed by atoms with Gasteiger partial charge in [0.1, 0.15) is 0 Å². The van der Waals surface area contributed by atoms with E-state index in [0.29, 0.717) is 37.0 Å². The van der Waals surface area contributed by atoms with Crippen molar-refractivity contribution in [2.75, 3.05) is 11.9 Å². The smallest absolute Gasteiger partial charge is 0.322 e. The molecule has 0 radical (unpaired) electrons. The van der Waals surface area contributed by atoms with Crippen molar-refractivity contribution in [3.8, 4) is 23.0 Å². The minimum Gasteiger partial charge on any atom is -0.415 e. The Morgan fingerprint density at radius 1 is 1.03 bits per heavy atom. The molecule has 0 spiro atoms. The van der Waals surface area contributed by atoms with Crippen molar-refractivity contribution in [2.24, 2.45) is 7.05 Å². The summed E-state index contributed by atoms with van der Waals surface area (Å²) in [4.78, 5) is 14.6. The molecule has 0 aliphatic carbocycles. The topological polar surface area (TPSA) is 89.1 Å². The van der Waals surface area contributed by atoms with E-state index in [4.69, 9.17) is 4.42 Å². The molecule has 0 fully saturated rings. The zero-order valence-corrected chi connectivity index (χ0v) is 17.4. The Kier molecular flexibility index (Phi) is 4.74. The second-order valence-electron chi connectivity index (χ2n) is 7.64. The first kappa shape index (κ1) is 19.0. The van der Waals surface area contributed by atoms with Crippen molar-refractivity contribution in [3.63, 3.8) is 0 Å². The molecular formula is C23H22N6O2. The molecule has 3 heterocycles. The number of rotatable bonds is 3. The lowest BCUT2D eigenvalue weighted by molar-refractivity contribution is 0.206. The molecule has 1 aliphatic rings. The van der Waals surface area contributed by atoms with E-state index < -0.39 is 0 Å². The molecule has 31 heavy (non-hydrogen) atoms. The van der Waals surface area contributed by atoms with Gasteiger partial charge in [0.05, 0.1) is 6.54 Å². The largest absolute Gasteiger partial charge is 0.415 e. The molecule has 2 aromatic heterocycles. The van der Waals surface area contributed by atoms with Gasteiger partial charge in [0.25, 0.3) is 5.89 Å². The fourth-order valence-corrected chi connectivity index (χ4v) is 3.79.